The van der Waals surface area contributed by atoms with E-state index in [0.717, 1.165) is 11.1 Å². The maximum absolute atomic E-state index is 13.2. The molecule has 33 heavy (non-hydrogen) atoms. The SMILES string of the molecule is COc1cccc(Oc2ccc(CNC(=O)N(CCN(C)C)Cc3ccc(F)cc3)cn2)c1. The maximum atomic E-state index is 13.2. The van der Waals surface area contributed by atoms with Crippen molar-refractivity contribution in [1.29, 1.82) is 0 Å². The first-order chi connectivity index (χ1) is 15.9. The van der Waals surface area contributed by atoms with Gasteiger partial charge < -0.3 is 24.6 Å². The Morgan fingerprint density at radius 2 is 1.73 bits per heavy atom. The van der Waals surface area contributed by atoms with Gasteiger partial charge >= 0.3 is 6.03 Å². The molecule has 0 radical (unpaired) electrons. The number of carbonyl (C=O) groups is 1. The Labute approximate surface area is 193 Å². The molecule has 3 rings (SSSR count). The van der Waals surface area contributed by atoms with Gasteiger partial charge in [-0.05, 0) is 49.5 Å². The number of aromatic nitrogens is 1. The molecule has 8 heteroatoms. The fourth-order valence-electron chi connectivity index (χ4n) is 3.03. The highest BCUT2D eigenvalue weighted by atomic mass is 19.1. The Morgan fingerprint density at radius 1 is 1.00 bits per heavy atom. The number of rotatable bonds is 10. The van der Waals surface area contributed by atoms with Gasteiger partial charge in [0.25, 0.3) is 0 Å². The Morgan fingerprint density at radius 3 is 2.39 bits per heavy atom. The van der Waals surface area contributed by atoms with Gasteiger partial charge in [0.2, 0.25) is 5.88 Å². The standard InChI is InChI=1S/C25H29FN4O3/c1-29(2)13-14-30(18-19-7-10-21(26)11-8-19)25(31)28-17-20-9-12-24(27-16-20)33-23-6-4-5-22(15-23)32-3/h4-12,15-16H,13-14,17-18H2,1-3H3,(H,28,31). The zero-order valence-electron chi connectivity index (χ0n) is 19.1. The number of hydrogen-bond acceptors (Lipinski definition) is 5. The van der Waals surface area contributed by atoms with E-state index in [1.807, 2.05) is 43.3 Å². The largest absolute Gasteiger partial charge is 0.497 e. The van der Waals surface area contributed by atoms with Gasteiger partial charge in [0.1, 0.15) is 17.3 Å². The number of likely N-dealkylation sites (N-methyl/N-ethyl adjacent to an activating group) is 1. The van der Waals surface area contributed by atoms with Crippen LogP contribution < -0.4 is 14.8 Å². The molecule has 0 atom stereocenters. The summed E-state index contributed by atoms with van der Waals surface area (Å²) in [5, 5.41) is 2.94. The number of halogens is 1. The van der Waals surface area contributed by atoms with E-state index in [9.17, 15) is 9.18 Å². The van der Waals surface area contributed by atoms with Crippen LogP contribution in [0, 0.1) is 5.82 Å². The fraction of sp³-hybridized carbons (Fsp3) is 0.280. The van der Waals surface area contributed by atoms with Crippen LogP contribution in [0.15, 0.2) is 66.9 Å². The number of methoxy groups -OCH3 is 1. The van der Waals surface area contributed by atoms with Crippen molar-refractivity contribution < 1.29 is 18.7 Å². The van der Waals surface area contributed by atoms with Crippen LogP contribution >= 0.6 is 0 Å². The van der Waals surface area contributed by atoms with Crippen molar-refractivity contribution in [2.45, 2.75) is 13.1 Å². The van der Waals surface area contributed by atoms with Gasteiger partial charge in [-0.15, -0.1) is 0 Å². The van der Waals surface area contributed by atoms with Gasteiger partial charge in [-0.1, -0.05) is 24.3 Å². The molecule has 0 fully saturated rings. The Balaban J connectivity index is 1.57. The van der Waals surface area contributed by atoms with Crippen LogP contribution in [-0.2, 0) is 13.1 Å². The summed E-state index contributed by atoms with van der Waals surface area (Å²) in [6.07, 6.45) is 1.67. The van der Waals surface area contributed by atoms with Gasteiger partial charge in [0.05, 0.1) is 7.11 Å². The van der Waals surface area contributed by atoms with E-state index < -0.39 is 0 Å². The van der Waals surface area contributed by atoms with Crippen molar-refractivity contribution in [3.05, 3.63) is 83.8 Å². The summed E-state index contributed by atoms with van der Waals surface area (Å²) in [7, 11) is 5.51. The molecule has 1 aromatic heterocycles. The molecule has 2 aromatic carbocycles. The topological polar surface area (TPSA) is 66.9 Å². The second-order valence-corrected chi connectivity index (χ2v) is 7.80. The number of benzene rings is 2. The van der Waals surface area contributed by atoms with Gasteiger partial charge in [-0.2, -0.15) is 0 Å². The highest BCUT2D eigenvalue weighted by Crippen LogP contribution is 2.23. The third-order valence-electron chi connectivity index (χ3n) is 4.90. The molecular formula is C25H29FN4O3. The fourth-order valence-corrected chi connectivity index (χ4v) is 3.03. The van der Waals surface area contributed by atoms with E-state index in [4.69, 9.17) is 9.47 Å². The van der Waals surface area contributed by atoms with Crippen LogP contribution in [0.1, 0.15) is 11.1 Å². The molecule has 174 valence electrons. The number of nitrogens with zero attached hydrogens (tertiary/aromatic N) is 3. The average molecular weight is 453 g/mol. The summed E-state index contributed by atoms with van der Waals surface area (Å²) in [6.45, 7) is 1.98. The summed E-state index contributed by atoms with van der Waals surface area (Å²) < 4.78 is 24.2. The summed E-state index contributed by atoms with van der Waals surface area (Å²) in [6, 6.07) is 16.9. The number of nitrogens with one attached hydrogen (secondary N) is 1. The normalized spacial score (nSPS) is 10.7. The Bertz CT molecular complexity index is 1030. The van der Waals surface area contributed by atoms with Gasteiger partial charge in [-0.25, -0.2) is 14.2 Å². The van der Waals surface area contributed by atoms with E-state index in [1.165, 1.54) is 12.1 Å². The molecule has 3 aromatic rings. The Kier molecular flexibility index (Phi) is 8.60. The lowest BCUT2D eigenvalue weighted by molar-refractivity contribution is 0.188. The van der Waals surface area contributed by atoms with Gasteiger partial charge in [0, 0.05) is 44.5 Å². The molecule has 7 nitrogen and oxygen atoms in total. The monoisotopic (exact) mass is 452 g/mol. The minimum atomic E-state index is -0.297. The molecule has 0 aliphatic rings. The van der Waals surface area contributed by atoms with E-state index >= 15 is 0 Å². The smallest absolute Gasteiger partial charge is 0.318 e. The molecule has 0 aliphatic heterocycles. The van der Waals surface area contributed by atoms with Crippen molar-refractivity contribution in [2.24, 2.45) is 0 Å². The molecule has 0 aliphatic carbocycles. The van der Waals surface area contributed by atoms with Crippen molar-refractivity contribution in [2.75, 3.05) is 34.3 Å². The third kappa shape index (κ3) is 7.76. The zero-order chi connectivity index (χ0) is 23.6. The van der Waals surface area contributed by atoms with Crippen molar-refractivity contribution >= 4 is 6.03 Å². The lowest BCUT2D eigenvalue weighted by atomic mass is 10.2. The number of carbonyl (C=O) groups excluding carboxylic acids is 1. The highest BCUT2D eigenvalue weighted by molar-refractivity contribution is 5.74. The number of amides is 2. The van der Waals surface area contributed by atoms with Crippen LogP contribution in [0.25, 0.3) is 0 Å². The lowest BCUT2D eigenvalue weighted by Gasteiger charge is -2.25. The minimum Gasteiger partial charge on any atom is -0.497 e. The zero-order valence-corrected chi connectivity index (χ0v) is 19.1. The first-order valence-electron chi connectivity index (χ1n) is 10.6. The molecule has 1 heterocycles. The van der Waals surface area contributed by atoms with E-state index in [2.05, 4.69) is 10.3 Å². The molecular weight excluding hydrogens is 423 g/mol. The van der Waals surface area contributed by atoms with Crippen molar-refractivity contribution in [3.8, 4) is 17.4 Å². The maximum Gasteiger partial charge on any atom is 0.318 e. The van der Waals surface area contributed by atoms with Crippen LogP contribution in [0.4, 0.5) is 9.18 Å². The number of ether oxygens (including phenoxy) is 2. The summed E-state index contributed by atoms with van der Waals surface area (Å²) in [5.74, 6) is 1.48. The van der Waals surface area contributed by atoms with Crippen LogP contribution in [0.5, 0.6) is 17.4 Å². The minimum absolute atomic E-state index is 0.196. The second-order valence-electron chi connectivity index (χ2n) is 7.80. The summed E-state index contributed by atoms with van der Waals surface area (Å²) in [5.41, 5.74) is 1.71. The van der Waals surface area contributed by atoms with Crippen LogP contribution in [0.2, 0.25) is 0 Å². The molecule has 2 amide bonds. The molecule has 0 saturated heterocycles. The van der Waals surface area contributed by atoms with Gasteiger partial charge in [-0.3, -0.25) is 0 Å². The van der Waals surface area contributed by atoms with Crippen molar-refractivity contribution in [3.63, 3.8) is 0 Å². The molecule has 0 bridgehead atoms. The quantitative estimate of drug-likeness (QED) is 0.497. The van der Waals surface area contributed by atoms with E-state index in [1.54, 1.807) is 42.5 Å². The predicted molar refractivity (Wildman–Crippen MR) is 125 cm³/mol. The predicted octanol–water partition coefficient (Wildman–Crippen LogP) is 4.30. The van der Waals surface area contributed by atoms with E-state index in [0.29, 0.717) is 43.6 Å². The number of hydrogen-bond donors (Lipinski definition) is 1. The average Bonchev–Trinajstić information content (AvgIpc) is 2.82. The Hall–Kier alpha value is -3.65. The van der Waals surface area contributed by atoms with Crippen LogP contribution in [-0.4, -0.2) is 55.1 Å². The summed E-state index contributed by atoms with van der Waals surface area (Å²) in [4.78, 5) is 20.9. The van der Waals surface area contributed by atoms with Gasteiger partial charge in [0.15, 0.2) is 0 Å². The molecule has 0 unspecified atom stereocenters. The molecule has 0 saturated carbocycles. The summed E-state index contributed by atoms with van der Waals surface area (Å²) >= 11 is 0. The third-order valence-corrected chi connectivity index (χ3v) is 4.90. The van der Waals surface area contributed by atoms with E-state index in [-0.39, 0.29) is 11.8 Å². The second kappa shape index (κ2) is 11.8. The molecule has 1 N–H and O–H groups in total. The lowest BCUT2D eigenvalue weighted by Crippen LogP contribution is -2.42. The molecule has 0 spiro atoms. The number of pyridine rings is 1. The first kappa shape index (κ1) is 24.0. The first-order valence-corrected chi connectivity index (χ1v) is 10.6. The number of urea groups is 1. The highest BCUT2D eigenvalue weighted by Gasteiger charge is 2.14. The van der Waals surface area contributed by atoms with Crippen LogP contribution in [0.3, 0.4) is 0 Å². The van der Waals surface area contributed by atoms with Crippen molar-refractivity contribution in [1.82, 2.24) is 20.1 Å².